The molecule has 3 heterocycles. The molecule has 12 nitrogen and oxygen atoms in total. The molecule has 1 fully saturated rings. The highest BCUT2D eigenvalue weighted by molar-refractivity contribution is 7.92. The van der Waals surface area contributed by atoms with Crippen molar-refractivity contribution < 1.29 is 49.4 Å². The Hall–Kier alpha value is -4.99. The summed E-state index contributed by atoms with van der Waals surface area (Å²) in [6.07, 6.45) is -5.60. The summed E-state index contributed by atoms with van der Waals surface area (Å²) in [5.41, 5.74) is -1.74. The van der Waals surface area contributed by atoms with Gasteiger partial charge < -0.3 is 19.7 Å². The van der Waals surface area contributed by atoms with E-state index in [0.717, 1.165) is 18.4 Å². The number of morpholine rings is 1. The van der Waals surface area contributed by atoms with Crippen LogP contribution in [0.5, 0.6) is 0 Å². The predicted octanol–water partition coefficient (Wildman–Crippen LogP) is 6.28. The molecule has 4 aromatic rings. The van der Waals surface area contributed by atoms with Crippen molar-refractivity contribution in [3.8, 4) is 23.0 Å². The van der Waals surface area contributed by atoms with Crippen LogP contribution in [0.25, 0.3) is 22.0 Å². The summed E-state index contributed by atoms with van der Waals surface area (Å²) in [5.74, 6) is 1.28. The summed E-state index contributed by atoms with van der Waals surface area (Å²) in [6.45, 7) is 7.15. The Morgan fingerprint density at radius 2 is 1.75 bits per heavy atom. The summed E-state index contributed by atoms with van der Waals surface area (Å²) in [6, 6.07) is 6.53. The van der Waals surface area contributed by atoms with Gasteiger partial charge in [0.25, 0.3) is 0 Å². The Labute approximate surface area is 318 Å². The van der Waals surface area contributed by atoms with E-state index in [1.165, 1.54) is 40.9 Å². The van der Waals surface area contributed by atoms with Crippen LogP contribution in [-0.4, -0.2) is 83.4 Å². The summed E-state index contributed by atoms with van der Waals surface area (Å²) in [5, 5.41) is 6.39. The number of aromatic nitrogens is 3. The van der Waals surface area contributed by atoms with Crippen LogP contribution in [0.3, 0.4) is 0 Å². The highest BCUT2D eigenvalue weighted by Crippen LogP contribution is 2.40. The van der Waals surface area contributed by atoms with Gasteiger partial charge in [-0.2, -0.15) is 18.3 Å². The number of halogens is 6. The SMILES string of the molecule is Cn1nc(NS(C)(=O)=O)c2c(Cl)ccc(-c3ccc(C#CC4(C)CN(C(=O)OC(C)(C)C)CCO4)nc3[C@H](Cc3cc(F)cc(F)c3)NC(=O)C(F)(F)F)c21. The van der Waals surface area contributed by atoms with Crippen LogP contribution in [0.2, 0.25) is 5.02 Å². The Morgan fingerprint density at radius 3 is 2.36 bits per heavy atom. The van der Waals surface area contributed by atoms with Gasteiger partial charge in [-0.25, -0.2) is 27.0 Å². The summed E-state index contributed by atoms with van der Waals surface area (Å²) >= 11 is 6.52. The van der Waals surface area contributed by atoms with E-state index in [-0.39, 0.29) is 69.5 Å². The zero-order valence-electron chi connectivity index (χ0n) is 30.4. The lowest BCUT2D eigenvalue weighted by atomic mass is 9.93. The molecule has 1 aliphatic rings. The standard InChI is InChI=1S/C36H36ClF5N6O6S/c1-34(2,3)54-33(50)48-13-14-53-35(4,19-48)12-11-23-7-8-24(25-9-10-26(37)28-30(25)47(5)45-31(28)46-55(6,51)52)29(43-23)27(44-32(49)36(40,41)42)17-20-15-21(38)18-22(39)16-20/h7-10,15-16,18,27H,13-14,17,19H2,1-6H3,(H,44,49)(H,45,46)/t27-,35?/m0/s1. The molecule has 2 aromatic heterocycles. The highest BCUT2D eigenvalue weighted by atomic mass is 35.5. The quantitative estimate of drug-likeness (QED) is 0.164. The zero-order chi connectivity index (χ0) is 40.7. The van der Waals surface area contributed by atoms with E-state index in [4.69, 9.17) is 21.1 Å². The third kappa shape index (κ3) is 10.2. The molecule has 0 bridgehead atoms. The lowest BCUT2D eigenvalue weighted by Gasteiger charge is -2.37. The van der Waals surface area contributed by atoms with Crippen LogP contribution in [0.4, 0.5) is 32.6 Å². The number of benzene rings is 2. The first-order chi connectivity index (χ1) is 25.4. The molecule has 0 radical (unpaired) electrons. The topological polar surface area (TPSA) is 145 Å². The molecule has 2 amide bonds. The molecule has 0 aliphatic carbocycles. The molecule has 5 rings (SSSR count). The van der Waals surface area contributed by atoms with Gasteiger partial charge in [-0.15, -0.1) is 0 Å². The fourth-order valence-electron chi connectivity index (χ4n) is 5.93. The fraction of sp³-hybridized carbons (Fsp3) is 0.389. The molecule has 55 heavy (non-hydrogen) atoms. The molecule has 2 atom stereocenters. The number of carbonyl (C=O) groups is 2. The van der Waals surface area contributed by atoms with Gasteiger partial charge in [-0.3, -0.25) is 14.2 Å². The van der Waals surface area contributed by atoms with Crippen molar-refractivity contribution in [1.82, 2.24) is 25.0 Å². The number of hydrogen-bond donors (Lipinski definition) is 2. The molecule has 1 aliphatic heterocycles. The summed E-state index contributed by atoms with van der Waals surface area (Å²) < 4.78 is 109. The van der Waals surface area contributed by atoms with Gasteiger partial charge in [0.15, 0.2) is 5.82 Å². The first-order valence-corrected chi connectivity index (χ1v) is 18.8. The van der Waals surface area contributed by atoms with Crippen LogP contribution >= 0.6 is 11.6 Å². The maximum Gasteiger partial charge on any atom is 0.471 e. The molecule has 2 aromatic carbocycles. The zero-order valence-corrected chi connectivity index (χ0v) is 31.9. The van der Waals surface area contributed by atoms with Crippen molar-refractivity contribution in [2.24, 2.45) is 7.05 Å². The van der Waals surface area contributed by atoms with E-state index < -0.39 is 63.5 Å². The Balaban J connectivity index is 1.70. The van der Waals surface area contributed by atoms with Crippen molar-refractivity contribution in [2.45, 2.75) is 57.5 Å². The second-order valence-corrected chi connectivity index (χ2v) is 16.2. The van der Waals surface area contributed by atoms with Crippen LogP contribution < -0.4 is 10.0 Å². The number of rotatable bonds is 7. The van der Waals surface area contributed by atoms with Crippen molar-refractivity contribution >= 4 is 50.3 Å². The van der Waals surface area contributed by atoms with E-state index >= 15 is 0 Å². The van der Waals surface area contributed by atoms with E-state index in [1.807, 2.05) is 5.32 Å². The van der Waals surface area contributed by atoms with Crippen molar-refractivity contribution in [1.29, 1.82) is 0 Å². The third-order valence-electron chi connectivity index (χ3n) is 8.07. The molecule has 294 valence electrons. The predicted molar refractivity (Wildman–Crippen MR) is 193 cm³/mol. The number of ether oxygens (including phenoxy) is 2. The molecule has 0 spiro atoms. The van der Waals surface area contributed by atoms with Crippen LogP contribution in [0, 0.1) is 23.5 Å². The normalized spacial score (nSPS) is 17.0. The average molecular weight is 811 g/mol. The molecule has 2 N–H and O–H groups in total. The van der Waals surface area contributed by atoms with E-state index in [9.17, 15) is 40.0 Å². The molecule has 19 heteroatoms. The van der Waals surface area contributed by atoms with Crippen LogP contribution in [-0.2, 0) is 37.8 Å². The Morgan fingerprint density at radius 1 is 1.09 bits per heavy atom. The van der Waals surface area contributed by atoms with Crippen molar-refractivity contribution in [2.75, 3.05) is 30.7 Å². The van der Waals surface area contributed by atoms with Crippen molar-refractivity contribution in [3.63, 3.8) is 0 Å². The van der Waals surface area contributed by atoms with Gasteiger partial charge in [0.2, 0.25) is 10.0 Å². The molecular formula is C36H36ClF5N6O6S. The smallest absolute Gasteiger partial charge is 0.444 e. The second kappa shape index (κ2) is 15.3. The number of carbonyl (C=O) groups excluding carboxylic acids is 2. The number of nitrogens with zero attached hydrogens (tertiary/aromatic N) is 4. The summed E-state index contributed by atoms with van der Waals surface area (Å²) in [4.78, 5) is 31.3. The van der Waals surface area contributed by atoms with Gasteiger partial charge in [-0.05, 0) is 75.9 Å². The number of hydrogen-bond acceptors (Lipinski definition) is 8. The van der Waals surface area contributed by atoms with E-state index in [0.29, 0.717) is 6.07 Å². The largest absolute Gasteiger partial charge is 0.471 e. The Bertz CT molecular complexity index is 2320. The Kier molecular flexibility index (Phi) is 11.4. The molecule has 0 saturated carbocycles. The number of amides is 2. The second-order valence-electron chi connectivity index (χ2n) is 14.0. The highest BCUT2D eigenvalue weighted by Gasteiger charge is 2.41. The number of anilines is 1. The van der Waals surface area contributed by atoms with Gasteiger partial charge >= 0.3 is 18.2 Å². The van der Waals surface area contributed by atoms with E-state index in [2.05, 4.69) is 26.6 Å². The molecular weight excluding hydrogens is 775 g/mol. The van der Waals surface area contributed by atoms with E-state index in [1.54, 1.807) is 27.7 Å². The molecule has 1 unspecified atom stereocenters. The fourth-order valence-corrected chi connectivity index (χ4v) is 6.66. The van der Waals surface area contributed by atoms with Gasteiger partial charge in [0.05, 0.1) is 47.1 Å². The number of aryl methyl sites for hydroxylation is 1. The lowest BCUT2D eigenvalue weighted by Crippen LogP contribution is -2.52. The third-order valence-corrected chi connectivity index (χ3v) is 8.95. The first kappa shape index (κ1) is 41.2. The number of alkyl halides is 3. The first-order valence-electron chi connectivity index (χ1n) is 16.5. The maximum absolute atomic E-state index is 14.3. The van der Waals surface area contributed by atoms with Crippen molar-refractivity contribution in [3.05, 3.63) is 76.1 Å². The minimum Gasteiger partial charge on any atom is -0.444 e. The van der Waals surface area contributed by atoms with Crippen LogP contribution in [0.15, 0.2) is 42.5 Å². The van der Waals surface area contributed by atoms with Gasteiger partial charge in [-0.1, -0.05) is 23.6 Å². The van der Waals surface area contributed by atoms with Gasteiger partial charge in [0, 0.05) is 30.8 Å². The molecule has 1 saturated heterocycles. The lowest BCUT2D eigenvalue weighted by molar-refractivity contribution is -0.174. The van der Waals surface area contributed by atoms with Gasteiger partial charge in [0.1, 0.15) is 28.5 Å². The minimum atomic E-state index is -5.36. The number of sulfonamides is 1. The number of pyridine rings is 1. The number of fused-ring (bicyclic) bond motifs is 1. The van der Waals surface area contributed by atoms with Crippen LogP contribution in [0.1, 0.15) is 50.7 Å². The maximum atomic E-state index is 14.3. The average Bonchev–Trinajstić information content (AvgIpc) is 3.36. The number of nitrogens with one attached hydrogen (secondary N) is 2. The monoisotopic (exact) mass is 810 g/mol. The minimum absolute atomic E-state index is 0.00233. The summed E-state index contributed by atoms with van der Waals surface area (Å²) in [7, 11) is -2.37.